The third-order valence-corrected chi connectivity index (χ3v) is 3.56. The summed E-state index contributed by atoms with van der Waals surface area (Å²) in [4.78, 5) is 22.4. The molecule has 88 valence electrons. The summed E-state index contributed by atoms with van der Waals surface area (Å²) < 4.78 is 0.917. The number of amides is 1. The Labute approximate surface area is 106 Å². The molecule has 0 aliphatic rings. The summed E-state index contributed by atoms with van der Waals surface area (Å²) in [6.07, 6.45) is -0.0438. The molecule has 4 nitrogen and oxygen atoms in total. The number of carbonyl (C=O) groups is 2. The largest absolute Gasteiger partial charge is 0.481 e. The SMILES string of the molecule is CC(C)(CC(=O)Nc1ccc(Br)s1)C(=O)O. The number of rotatable bonds is 4. The van der Waals surface area contributed by atoms with Crippen molar-refractivity contribution in [1.82, 2.24) is 0 Å². The molecule has 0 aromatic carbocycles. The van der Waals surface area contributed by atoms with Crippen molar-refractivity contribution in [1.29, 1.82) is 0 Å². The fraction of sp³-hybridized carbons (Fsp3) is 0.400. The number of carboxylic acids is 1. The van der Waals surface area contributed by atoms with Crippen LogP contribution in [0.5, 0.6) is 0 Å². The van der Waals surface area contributed by atoms with Crippen LogP contribution in [0.4, 0.5) is 5.00 Å². The highest BCUT2D eigenvalue weighted by Crippen LogP contribution is 2.28. The molecule has 0 atom stereocenters. The van der Waals surface area contributed by atoms with Gasteiger partial charge in [0.1, 0.15) is 0 Å². The quantitative estimate of drug-likeness (QED) is 0.899. The van der Waals surface area contributed by atoms with Gasteiger partial charge in [0, 0.05) is 6.42 Å². The Hall–Kier alpha value is -0.880. The van der Waals surface area contributed by atoms with E-state index in [1.165, 1.54) is 25.2 Å². The van der Waals surface area contributed by atoms with Gasteiger partial charge in [0.15, 0.2) is 0 Å². The molecule has 0 fully saturated rings. The van der Waals surface area contributed by atoms with Crippen molar-refractivity contribution in [2.75, 3.05) is 5.32 Å². The maximum atomic E-state index is 11.6. The van der Waals surface area contributed by atoms with Gasteiger partial charge in [-0.1, -0.05) is 0 Å². The maximum Gasteiger partial charge on any atom is 0.309 e. The average Bonchev–Trinajstić information content (AvgIpc) is 2.49. The molecule has 0 spiro atoms. The third-order valence-electron chi connectivity index (χ3n) is 2.02. The van der Waals surface area contributed by atoms with Gasteiger partial charge < -0.3 is 10.4 Å². The minimum absolute atomic E-state index is 0.0438. The highest BCUT2D eigenvalue weighted by atomic mass is 79.9. The zero-order valence-corrected chi connectivity index (χ0v) is 11.3. The first-order valence-electron chi connectivity index (χ1n) is 4.60. The maximum absolute atomic E-state index is 11.6. The number of anilines is 1. The van der Waals surface area contributed by atoms with Crippen molar-refractivity contribution in [3.05, 3.63) is 15.9 Å². The number of carboxylic acid groups (broad SMARTS) is 1. The van der Waals surface area contributed by atoms with E-state index in [-0.39, 0.29) is 12.3 Å². The van der Waals surface area contributed by atoms with Crippen LogP contribution in [0.25, 0.3) is 0 Å². The van der Waals surface area contributed by atoms with E-state index in [0.717, 1.165) is 3.79 Å². The van der Waals surface area contributed by atoms with Crippen molar-refractivity contribution in [3.8, 4) is 0 Å². The fourth-order valence-electron chi connectivity index (χ4n) is 1.04. The Kier molecular flexibility index (Phi) is 4.09. The number of nitrogens with one attached hydrogen (secondary N) is 1. The van der Waals surface area contributed by atoms with E-state index in [9.17, 15) is 9.59 Å². The minimum atomic E-state index is -1.04. The molecule has 1 amide bonds. The van der Waals surface area contributed by atoms with Crippen LogP contribution in [0.15, 0.2) is 15.9 Å². The zero-order valence-electron chi connectivity index (χ0n) is 8.91. The average molecular weight is 306 g/mol. The van der Waals surface area contributed by atoms with Crippen molar-refractivity contribution in [3.63, 3.8) is 0 Å². The lowest BCUT2D eigenvalue weighted by Crippen LogP contribution is -2.29. The number of aliphatic carboxylic acids is 1. The molecular weight excluding hydrogens is 294 g/mol. The number of carbonyl (C=O) groups excluding carboxylic acids is 1. The number of halogens is 1. The summed E-state index contributed by atoms with van der Waals surface area (Å²) in [5.74, 6) is -1.27. The van der Waals surface area contributed by atoms with Crippen molar-refractivity contribution in [2.45, 2.75) is 20.3 Å². The molecule has 0 aliphatic heterocycles. The second-order valence-corrected chi connectivity index (χ2v) is 6.48. The number of hydrogen-bond acceptors (Lipinski definition) is 3. The molecule has 0 aliphatic carbocycles. The molecule has 16 heavy (non-hydrogen) atoms. The van der Waals surface area contributed by atoms with Gasteiger partial charge in [-0.05, 0) is 41.9 Å². The molecule has 1 rings (SSSR count). The molecule has 1 aromatic heterocycles. The smallest absolute Gasteiger partial charge is 0.309 e. The molecule has 0 saturated carbocycles. The summed E-state index contributed by atoms with van der Waals surface area (Å²) in [6, 6.07) is 3.59. The third kappa shape index (κ3) is 3.61. The predicted molar refractivity (Wildman–Crippen MR) is 66.7 cm³/mol. The fourth-order valence-corrected chi connectivity index (χ4v) is 2.34. The normalized spacial score (nSPS) is 11.2. The molecule has 2 N–H and O–H groups in total. The van der Waals surface area contributed by atoms with Crippen LogP contribution >= 0.6 is 27.3 Å². The topological polar surface area (TPSA) is 66.4 Å². The van der Waals surface area contributed by atoms with Gasteiger partial charge in [0.05, 0.1) is 14.2 Å². The standard InChI is InChI=1S/C10H12BrNO3S/c1-10(2,9(14)15)5-7(13)12-8-4-3-6(11)16-8/h3-4H,5H2,1-2H3,(H,12,13)(H,14,15). The van der Waals surface area contributed by atoms with Gasteiger partial charge >= 0.3 is 5.97 Å². The van der Waals surface area contributed by atoms with Crippen LogP contribution in [0, 0.1) is 5.41 Å². The molecule has 6 heteroatoms. The Morgan fingerprint density at radius 2 is 2.12 bits per heavy atom. The van der Waals surface area contributed by atoms with Gasteiger partial charge in [-0.3, -0.25) is 9.59 Å². The van der Waals surface area contributed by atoms with E-state index in [1.807, 2.05) is 6.07 Å². The van der Waals surface area contributed by atoms with Gasteiger partial charge in [-0.2, -0.15) is 0 Å². The number of thiophene rings is 1. The molecule has 0 radical (unpaired) electrons. The molecule has 0 unspecified atom stereocenters. The van der Waals surface area contributed by atoms with Crippen LogP contribution in [0.2, 0.25) is 0 Å². The van der Waals surface area contributed by atoms with Gasteiger partial charge in [-0.15, -0.1) is 11.3 Å². The first-order chi connectivity index (χ1) is 7.31. The second-order valence-electron chi connectivity index (χ2n) is 4.02. The number of hydrogen-bond donors (Lipinski definition) is 2. The monoisotopic (exact) mass is 305 g/mol. The minimum Gasteiger partial charge on any atom is -0.481 e. The van der Waals surface area contributed by atoms with Gasteiger partial charge in [0.2, 0.25) is 5.91 Å². The van der Waals surface area contributed by atoms with Crippen LogP contribution in [0.3, 0.4) is 0 Å². The summed E-state index contributed by atoms with van der Waals surface area (Å²) in [5, 5.41) is 12.2. The van der Waals surface area contributed by atoms with Crippen LogP contribution in [-0.2, 0) is 9.59 Å². The van der Waals surface area contributed by atoms with Gasteiger partial charge in [-0.25, -0.2) is 0 Å². The Morgan fingerprint density at radius 3 is 2.56 bits per heavy atom. The highest BCUT2D eigenvalue weighted by molar-refractivity contribution is 9.11. The van der Waals surface area contributed by atoms with Crippen molar-refractivity contribution >= 4 is 44.1 Å². The molecule has 0 saturated heterocycles. The van der Waals surface area contributed by atoms with E-state index in [1.54, 1.807) is 6.07 Å². The molecule has 1 aromatic rings. The zero-order chi connectivity index (χ0) is 12.3. The van der Waals surface area contributed by atoms with Crippen LogP contribution in [-0.4, -0.2) is 17.0 Å². The van der Waals surface area contributed by atoms with E-state index in [4.69, 9.17) is 5.11 Å². The van der Waals surface area contributed by atoms with Crippen molar-refractivity contribution < 1.29 is 14.7 Å². The molecule has 0 bridgehead atoms. The summed E-state index contributed by atoms with van der Waals surface area (Å²) in [6.45, 7) is 3.05. The molecule has 1 heterocycles. The molecular formula is C10H12BrNO3S. The van der Waals surface area contributed by atoms with E-state index >= 15 is 0 Å². The Balaban J connectivity index is 2.58. The first kappa shape index (κ1) is 13.2. The predicted octanol–water partition coefficient (Wildman–Crippen LogP) is 2.95. The van der Waals surface area contributed by atoms with Crippen LogP contribution < -0.4 is 5.32 Å². The lowest BCUT2D eigenvalue weighted by Gasteiger charge is -2.17. The summed E-state index contributed by atoms with van der Waals surface area (Å²) in [5.41, 5.74) is -1.04. The van der Waals surface area contributed by atoms with Crippen LogP contribution in [0.1, 0.15) is 20.3 Å². The van der Waals surface area contributed by atoms with Gasteiger partial charge in [0.25, 0.3) is 0 Å². The lowest BCUT2D eigenvalue weighted by molar-refractivity contribution is -0.148. The lowest BCUT2D eigenvalue weighted by atomic mass is 9.89. The van der Waals surface area contributed by atoms with Crippen molar-refractivity contribution in [2.24, 2.45) is 5.41 Å². The van der Waals surface area contributed by atoms with E-state index in [0.29, 0.717) is 5.00 Å². The summed E-state index contributed by atoms with van der Waals surface area (Å²) in [7, 11) is 0. The highest BCUT2D eigenvalue weighted by Gasteiger charge is 2.30. The Morgan fingerprint density at radius 1 is 1.50 bits per heavy atom. The second kappa shape index (κ2) is 4.97. The summed E-state index contributed by atoms with van der Waals surface area (Å²) >= 11 is 4.67. The van der Waals surface area contributed by atoms with E-state index < -0.39 is 11.4 Å². The first-order valence-corrected chi connectivity index (χ1v) is 6.21. The van der Waals surface area contributed by atoms with E-state index in [2.05, 4.69) is 21.2 Å². The Bertz CT molecular complexity index is 414.